The van der Waals surface area contributed by atoms with Crippen LogP contribution < -0.4 is 0 Å². The second-order valence-electron chi connectivity index (χ2n) is 8.09. The van der Waals surface area contributed by atoms with E-state index in [4.69, 9.17) is 0 Å². The highest BCUT2D eigenvalue weighted by Gasteiger charge is 2.30. The smallest absolute Gasteiger partial charge is 0.136 e. The van der Waals surface area contributed by atoms with Crippen LogP contribution in [0.3, 0.4) is 0 Å². The van der Waals surface area contributed by atoms with Gasteiger partial charge in [0.05, 0.1) is 0 Å². The Hall–Kier alpha value is -1.11. The Balaban J connectivity index is 2.04. The molecule has 0 N–H and O–H groups in total. The fourth-order valence-corrected chi connectivity index (χ4v) is 3.37. The van der Waals surface area contributed by atoms with Gasteiger partial charge < -0.3 is 0 Å². The maximum atomic E-state index is 12.2. The van der Waals surface area contributed by atoms with Crippen molar-refractivity contribution >= 4 is 5.78 Å². The number of hydrogen-bond donors (Lipinski definition) is 0. The topological polar surface area (TPSA) is 17.1 Å². The molecule has 1 aliphatic rings. The fourth-order valence-electron chi connectivity index (χ4n) is 3.37. The van der Waals surface area contributed by atoms with Crippen LogP contribution in [0.5, 0.6) is 0 Å². The Bertz CT molecular complexity index is 476. The second-order valence-corrected chi connectivity index (χ2v) is 8.09. The van der Waals surface area contributed by atoms with Gasteiger partial charge in [0.1, 0.15) is 5.78 Å². The zero-order chi connectivity index (χ0) is 15.6. The van der Waals surface area contributed by atoms with Crippen molar-refractivity contribution < 1.29 is 4.79 Å². The molecule has 1 nitrogen and oxygen atoms in total. The Morgan fingerprint density at radius 3 is 2.29 bits per heavy atom. The molecule has 0 saturated heterocycles. The molecule has 1 heteroatoms. The third-order valence-electron chi connectivity index (χ3n) is 5.05. The van der Waals surface area contributed by atoms with Gasteiger partial charge in [-0.2, -0.15) is 0 Å². The first-order chi connectivity index (χ1) is 9.77. The molecule has 0 heterocycles. The van der Waals surface area contributed by atoms with E-state index in [1.165, 1.54) is 11.1 Å². The lowest BCUT2D eigenvalue weighted by Crippen LogP contribution is -2.28. The molecule has 2 rings (SSSR count). The molecular formula is C20H30O. The summed E-state index contributed by atoms with van der Waals surface area (Å²) in [5.74, 6) is 2.14. The van der Waals surface area contributed by atoms with Crippen molar-refractivity contribution in [2.24, 2.45) is 17.8 Å². The van der Waals surface area contributed by atoms with E-state index in [1.807, 2.05) is 0 Å². The van der Waals surface area contributed by atoms with Crippen LogP contribution in [0.2, 0.25) is 0 Å². The summed E-state index contributed by atoms with van der Waals surface area (Å²) >= 11 is 0. The molecule has 1 fully saturated rings. The number of ketones is 1. The zero-order valence-corrected chi connectivity index (χ0v) is 14.3. The predicted molar refractivity (Wildman–Crippen MR) is 89.5 cm³/mol. The Morgan fingerprint density at radius 2 is 1.76 bits per heavy atom. The lowest BCUT2D eigenvalue weighted by Gasteiger charge is -2.30. The summed E-state index contributed by atoms with van der Waals surface area (Å²) in [7, 11) is 0. The maximum Gasteiger partial charge on any atom is 0.136 e. The standard InChI is InChI=1S/C20H30O/c1-14(2)16-8-11-19(21)17(13-16)12-15-6-9-18(10-7-15)20(3,4)5/h6-7,9-10,14,16-17H,8,11-13H2,1-5H3. The largest absolute Gasteiger partial charge is 0.299 e. The molecule has 21 heavy (non-hydrogen) atoms. The van der Waals surface area contributed by atoms with Crippen molar-refractivity contribution in [1.82, 2.24) is 0 Å². The van der Waals surface area contributed by atoms with Gasteiger partial charge in [-0.05, 0) is 47.6 Å². The van der Waals surface area contributed by atoms with Gasteiger partial charge in [0.2, 0.25) is 0 Å². The molecule has 0 spiro atoms. The van der Waals surface area contributed by atoms with Crippen molar-refractivity contribution in [1.29, 1.82) is 0 Å². The first-order valence-electron chi connectivity index (χ1n) is 8.39. The van der Waals surface area contributed by atoms with Crippen molar-refractivity contribution in [3.05, 3.63) is 35.4 Å². The van der Waals surface area contributed by atoms with Crippen molar-refractivity contribution in [3.63, 3.8) is 0 Å². The SMILES string of the molecule is CC(C)C1CCC(=O)C(Cc2ccc(C(C)(C)C)cc2)C1. The summed E-state index contributed by atoms with van der Waals surface area (Å²) in [5, 5.41) is 0. The summed E-state index contributed by atoms with van der Waals surface area (Å²) in [6, 6.07) is 8.88. The second kappa shape index (κ2) is 6.34. The van der Waals surface area contributed by atoms with Crippen LogP contribution in [0.25, 0.3) is 0 Å². The summed E-state index contributed by atoms with van der Waals surface area (Å²) < 4.78 is 0. The number of Topliss-reactive ketones (excluding diaryl/α,β-unsaturated/α-hetero) is 1. The van der Waals surface area contributed by atoms with E-state index in [-0.39, 0.29) is 11.3 Å². The quantitative estimate of drug-likeness (QED) is 0.749. The van der Waals surface area contributed by atoms with E-state index >= 15 is 0 Å². The third kappa shape index (κ3) is 4.18. The lowest BCUT2D eigenvalue weighted by molar-refractivity contribution is -0.125. The molecule has 0 radical (unpaired) electrons. The third-order valence-corrected chi connectivity index (χ3v) is 5.05. The van der Waals surface area contributed by atoms with Crippen molar-refractivity contribution in [2.45, 2.75) is 65.7 Å². The summed E-state index contributed by atoms with van der Waals surface area (Å²) in [4.78, 5) is 12.2. The van der Waals surface area contributed by atoms with Crippen LogP contribution in [0.15, 0.2) is 24.3 Å². The van der Waals surface area contributed by atoms with Crippen LogP contribution in [0.4, 0.5) is 0 Å². The van der Waals surface area contributed by atoms with Crippen LogP contribution in [-0.2, 0) is 16.6 Å². The number of benzene rings is 1. The molecule has 1 aromatic rings. The first kappa shape index (κ1) is 16.3. The number of rotatable bonds is 3. The summed E-state index contributed by atoms with van der Waals surface area (Å²) in [6.45, 7) is 11.3. The van der Waals surface area contributed by atoms with E-state index in [9.17, 15) is 4.79 Å². The Labute approximate surface area is 130 Å². The van der Waals surface area contributed by atoms with Crippen LogP contribution in [0, 0.1) is 17.8 Å². The van der Waals surface area contributed by atoms with Crippen LogP contribution in [-0.4, -0.2) is 5.78 Å². The van der Waals surface area contributed by atoms with Gasteiger partial charge in [0.25, 0.3) is 0 Å². The Kier molecular flexibility index (Phi) is 4.91. The van der Waals surface area contributed by atoms with Gasteiger partial charge in [-0.1, -0.05) is 58.9 Å². The molecule has 0 amide bonds. The highest BCUT2D eigenvalue weighted by atomic mass is 16.1. The minimum atomic E-state index is 0.196. The number of carbonyl (C=O) groups is 1. The highest BCUT2D eigenvalue weighted by molar-refractivity contribution is 5.82. The van der Waals surface area contributed by atoms with Gasteiger partial charge in [-0.15, -0.1) is 0 Å². The van der Waals surface area contributed by atoms with E-state index in [0.29, 0.717) is 11.7 Å². The molecule has 2 atom stereocenters. The number of hydrogen-bond acceptors (Lipinski definition) is 1. The maximum absolute atomic E-state index is 12.2. The van der Waals surface area contributed by atoms with E-state index in [0.717, 1.165) is 31.6 Å². The summed E-state index contributed by atoms with van der Waals surface area (Å²) in [5.41, 5.74) is 2.87. The molecule has 116 valence electrons. The molecule has 0 bridgehead atoms. The van der Waals surface area contributed by atoms with Gasteiger partial charge in [0.15, 0.2) is 0 Å². The predicted octanol–water partition coefficient (Wildman–Crippen LogP) is 5.17. The molecule has 0 aliphatic heterocycles. The molecule has 0 aromatic heterocycles. The van der Waals surface area contributed by atoms with E-state index in [2.05, 4.69) is 58.9 Å². The van der Waals surface area contributed by atoms with Gasteiger partial charge in [0, 0.05) is 12.3 Å². The monoisotopic (exact) mass is 286 g/mol. The minimum Gasteiger partial charge on any atom is -0.299 e. The minimum absolute atomic E-state index is 0.196. The van der Waals surface area contributed by atoms with Crippen LogP contribution in [0.1, 0.15) is 65.0 Å². The molecule has 1 aliphatic carbocycles. The molecule has 1 saturated carbocycles. The molecular weight excluding hydrogens is 256 g/mol. The van der Waals surface area contributed by atoms with Crippen LogP contribution >= 0.6 is 0 Å². The van der Waals surface area contributed by atoms with Gasteiger partial charge in [-0.3, -0.25) is 4.79 Å². The summed E-state index contributed by atoms with van der Waals surface area (Å²) in [6.07, 6.45) is 3.88. The van der Waals surface area contributed by atoms with E-state index in [1.54, 1.807) is 0 Å². The molecule has 1 aromatic carbocycles. The zero-order valence-electron chi connectivity index (χ0n) is 14.3. The molecule has 2 unspecified atom stereocenters. The lowest BCUT2D eigenvalue weighted by atomic mass is 9.73. The normalized spacial score (nSPS) is 23.6. The van der Waals surface area contributed by atoms with Crippen molar-refractivity contribution in [2.75, 3.05) is 0 Å². The first-order valence-corrected chi connectivity index (χ1v) is 8.39. The fraction of sp³-hybridized carbons (Fsp3) is 0.650. The van der Waals surface area contributed by atoms with E-state index < -0.39 is 0 Å². The van der Waals surface area contributed by atoms with Crippen molar-refractivity contribution in [3.8, 4) is 0 Å². The van der Waals surface area contributed by atoms with Gasteiger partial charge >= 0.3 is 0 Å². The average Bonchev–Trinajstić information content (AvgIpc) is 2.40. The van der Waals surface area contributed by atoms with Gasteiger partial charge in [-0.25, -0.2) is 0 Å². The number of carbonyl (C=O) groups excluding carboxylic acids is 1. The Morgan fingerprint density at radius 1 is 1.14 bits per heavy atom. The average molecular weight is 286 g/mol. The highest BCUT2D eigenvalue weighted by Crippen LogP contribution is 2.33.